The fourth-order valence-corrected chi connectivity index (χ4v) is 3.46. The lowest BCUT2D eigenvalue weighted by atomic mass is 9.88. The fraction of sp³-hybridized carbons (Fsp3) is 0.381. The van der Waals surface area contributed by atoms with Crippen LogP contribution in [0.2, 0.25) is 0 Å². The molecular weight excluding hydrogens is 382 g/mol. The molecule has 1 amide bonds. The summed E-state index contributed by atoms with van der Waals surface area (Å²) in [4.78, 5) is 38.8. The van der Waals surface area contributed by atoms with Gasteiger partial charge in [0.25, 0.3) is 11.5 Å². The highest BCUT2D eigenvalue weighted by Gasteiger charge is 2.30. The van der Waals surface area contributed by atoms with Crippen LogP contribution in [0.25, 0.3) is 0 Å². The van der Waals surface area contributed by atoms with Gasteiger partial charge in [0.05, 0.1) is 17.7 Å². The van der Waals surface area contributed by atoms with E-state index in [4.69, 9.17) is 4.74 Å². The average Bonchev–Trinajstić information content (AvgIpc) is 2.74. The van der Waals surface area contributed by atoms with Crippen LogP contribution >= 0.6 is 0 Å². The zero-order valence-corrected chi connectivity index (χ0v) is 16.1. The Labute approximate surface area is 166 Å². The lowest BCUT2D eigenvalue weighted by Gasteiger charge is -2.31. The summed E-state index contributed by atoms with van der Waals surface area (Å²) >= 11 is 0. The Morgan fingerprint density at radius 2 is 1.86 bits per heavy atom. The van der Waals surface area contributed by atoms with Crippen molar-refractivity contribution in [3.8, 4) is 0 Å². The standard InChI is InChI=1S/C21H22F2N2O4/c1-29-11-10-25-13-15(2-5-19(25)26)21(28)24-8-6-14(7-9-24)20(27)17-12-16(22)3-4-18(17)23/h2-5,12-14H,6-11H2,1H3. The second-order valence-electron chi connectivity index (χ2n) is 7.00. The van der Waals surface area contributed by atoms with Crippen LogP contribution in [0.3, 0.4) is 0 Å². The van der Waals surface area contributed by atoms with Crippen LogP contribution in [0, 0.1) is 17.6 Å². The Morgan fingerprint density at radius 3 is 2.55 bits per heavy atom. The van der Waals surface area contributed by atoms with E-state index in [2.05, 4.69) is 0 Å². The number of aromatic nitrogens is 1. The third kappa shape index (κ3) is 4.76. The first-order chi connectivity index (χ1) is 13.9. The Hall–Kier alpha value is -2.87. The summed E-state index contributed by atoms with van der Waals surface area (Å²) in [6, 6.07) is 5.65. The smallest absolute Gasteiger partial charge is 0.255 e. The molecule has 0 saturated carbocycles. The van der Waals surface area contributed by atoms with E-state index in [1.807, 2.05) is 0 Å². The van der Waals surface area contributed by atoms with Gasteiger partial charge in [0.1, 0.15) is 11.6 Å². The van der Waals surface area contributed by atoms with Gasteiger partial charge >= 0.3 is 0 Å². The van der Waals surface area contributed by atoms with E-state index in [-0.39, 0.29) is 17.0 Å². The Morgan fingerprint density at radius 1 is 1.14 bits per heavy atom. The number of likely N-dealkylation sites (tertiary alicyclic amines) is 1. The molecule has 1 fully saturated rings. The van der Waals surface area contributed by atoms with Crippen molar-refractivity contribution >= 4 is 11.7 Å². The van der Waals surface area contributed by atoms with E-state index in [0.717, 1.165) is 18.2 Å². The van der Waals surface area contributed by atoms with E-state index in [9.17, 15) is 23.2 Å². The van der Waals surface area contributed by atoms with E-state index < -0.39 is 23.3 Å². The van der Waals surface area contributed by atoms with Crippen molar-refractivity contribution in [1.29, 1.82) is 0 Å². The summed E-state index contributed by atoms with van der Waals surface area (Å²) < 4.78 is 33.6. The molecule has 1 saturated heterocycles. The highest BCUT2D eigenvalue weighted by atomic mass is 19.1. The van der Waals surface area contributed by atoms with Gasteiger partial charge in [-0.05, 0) is 37.1 Å². The first-order valence-corrected chi connectivity index (χ1v) is 9.38. The number of ether oxygens (including phenoxy) is 1. The molecule has 154 valence electrons. The zero-order valence-electron chi connectivity index (χ0n) is 16.1. The molecule has 1 aliphatic rings. The molecule has 1 aromatic heterocycles. The topological polar surface area (TPSA) is 68.6 Å². The van der Waals surface area contributed by atoms with Crippen molar-refractivity contribution in [2.45, 2.75) is 19.4 Å². The molecular formula is C21H22F2N2O4. The monoisotopic (exact) mass is 404 g/mol. The van der Waals surface area contributed by atoms with Crippen molar-refractivity contribution in [1.82, 2.24) is 9.47 Å². The lowest BCUT2D eigenvalue weighted by Crippen LogP contribution is -2.40. The number of methoxy groups -OCH3 is 1. The van der Waals surface area contributed by atoms with Gasteiger partial charge in [-0.2, -0.15) is 0 Å². The average molecular weight is 404 g/mol. The highest BCUT2D eigenvalue weighted by molar-refractivity contribution is 5.98. The number of halogens is 2. The van der Waals surface area contributed by atoms with Crippen LogP contribution in [0.5, 0.6) is 0 Å². The molecule has 29 heavy (non-hydrogen) atoms. The maximum Gasteiger partial charge on any atom is 0.255 e. The minimum absolute atomic E-state index is 0.222. The van der Waals surface area contributed by atoms with Crippen LogP contribution in [-0.2, 0) is 11.3 Å². The molecule has 0 N–H and O–H groups in total. The van der Waals surface area contributed by atoms with Gasteiger partial charge in [0.2, 0.25) is 0 Å². The number of pyridine rings is 1. The van der Waals surface area contributed by atoms with Crippen molar-refractivity contribution in [3.05, 3.63) is 69.6 Å². The second kappa shape index (κ2) is 9.09. The number of hydrogen-bond donors (Lipinski definition) is 0. The minimum atomic E-state index is -0.742. The van der Waals surface area contributed by atoms with E-state index in [0.29, 0.717) is 44.6 Å². The van der Waals surface area contributed by atoms with Crippen LogP contribution < -0.4 is 5.56 Å². The number of ketones is 1. The maximum atomic E-state index is 13.9. The zero-order chi connectivity index (χ0) is 21.0. The molecule has 1 aliphatic heterocycles. The SMILES string of the molecule is COCCn1cc(C(=O)N2CCC(C(=O)c3cc(F)ccc3F)CC2)ccc1=O. The predicted octanol–water partition coefficient (Wildman–Crippen LogP) is 2.51. The molecule has 2 aromatic rings. The molecule has 2 heterocycles. The van der Waals surface area contributed by atoms with Crippen molar-refractivity contribution < 1.29 is 23.1 Å². The molecule has 1 aromatic carbocycles. The number of benzene rings is 1. The summed E-state index contributed by atoms with van der Waals surface area (Å²) in [5, 5.41) is 0. The molecule has 0 atom stereocenters. The van der Waals surface area contributed by atoms with Gasteiger partial charge in [-0.3, -0.25) is 14.4 Å². The van der Waals surface area contributed by atoms with Crippen LogP contribution in [0.1, 0.15) is 33.6 Å². The van der Waals surface area contributed by atoms with E-state index >= 15 is 0 Å². The molecule has 0 unspecified atom stereocenters. The summed E-state index contributed by atoms with van der Waals surface area (Å²) in [5.41, 5.74) is -0.0957. The number of amides is 1. The summed E-state index contributed by atoms with van der Waals surface area (Å²) in [5.74, 6) is -2.55. The van der Waals surface area contributed by atoms with Crippen molar-refractivity contribution in [3.63, 3.8) is 0 Å². The van der Waals surface area contributed by atoms with Crippen molar-refractivity contribution in [2.75, 3.05) is 26.8 Å². The first kappa shape index (κ1) is 20.9. The molecule has 0 aliphatic carbocycles. The normalized spacial score (nSPS) is 14.8. The molecule has 6 nitrogen and oxygen atoms in total. The largest absolute Gasteiger partial charge is 0.383 e. The summed E-state index contributed by atoms with van der Waals surface area (Å²) in [7, 11) is 1.53. The van der Waals surface area contributed by atoms with Gasteiger partial charge < -0.3 is 14.2 Å². The fourth-order valence-electron chi connectivity index (χ4n) is 3.46. The molecule has 0 spiro atoms. The Bertz CT molecular complexity index is 965. The quantitative estimate of drug-likeness (QED) is 0.694. The van der Waals surface area contributed by atoms with Crippen LogP contribution in [-0.4, -0.2) is 48.0 Å². The third-order valence-electron chi connectivity index (χ3n) is 5.11. The number of nitrogens with zero attached hydrogens (tertiary/aromatic N) is 2. The van der Waals surface area contributed by atoms with Crippen LogP contribution in [0.15, 0.2) is 41.3 Å². The molecule has 0 bridgehead atoms. The number of carbonyl (C=O) groups is 2. The Kier molecular flexibility index (Phi) is 6.53. The van der Waals surface area contributed by atoms with Gasteiger partial charge in [-0.15, -0.1) is 0 Å². The molecule has 8 heteroatoms. The van der Waals surface area contributed by atoms with Crippen LogP contribution in [0.4, 0.5) is 8.78 Å². The maximum absolute atomic E-state index is 13.9. The van der Waals surface area contributed by atoms with Crippen molar-refractivity contribution in [2.24, 2.45) is 5.92 Å². The van der Waals surface area contributed by atoms with E-state index in [1.165, 1.54) is 30.0 Å². The lowest BCUT2D eigenvalue weighted by molar-refractivity contribution is 0.0648. The van der Waals surface area contributed by atoms with Gasteiger partial charge in [0.15, 0.2) is 5.78 Å². The summed E-state index contributed by atoms with van der Waals surface area (Å²) in [6.07, 6.45) is 2.23. The van der Waals surface area contributed by atoms with Gasteiger partial charge in [-0.25, -0.2) is 8.78 Å². The minimum Gasteiger partial charge on any atom is -0.383 e. The predicted molar refractivity (Wildman–Crippen MR) is 102 cm³/mol. The Balaban J connectivity index is 1.66. The third-order valence-corrected chi connectivity index (χ3v) is 5.11. The first-order valence-electron chi connectivity index (χ1n) is 9.38. The number of carbonyl (C=O) groups excluding carboxylic acids is 2. The number of piperidine rings is 1. The number of Topliss-reactive ketones (excluding diaryl/α,β-unsaturated/α-hetero) is 1. The molecule has 0 radical (unpaired) electrons. The summed E-state index contributed by atoms with van der Waals surface area (Å²) in [6.45, 7) is 1.33. The van der Waals surface area contributed by atoms with Gasteiger partial charge in [0, 0.05) is 44.9 Å². The highest BCUT2D eigenvalue weighted by Crippen LogP contribution is 2.24. The molecule has 3 rings (SSSR count). The number of rotatable bonds is 6. The number of hydrogen-bond acceptors (Lipinski definition) is 4. The second-order valence-corrected chi connectivity index (χ2v) is 7.00. The van der Waals surface area contributed by atoms with E-state index in [1.54, 1.807) is 4.90 Å². The van der Waals surface area contributed by atoms with Gasteiger partial charge in [-0.1, -0.05) is 0 Å².